The summed E-state index contributed by atoms with van der Waals surface area (Å²) >= 11 is 0. The molecule has 2 aromatic rings. The van der Waals surface area contributed by atoms with E-state index in [0.717, 1.165) is 17.8 Å². The number of piperazine rings is 1. The molecule has 0 aromatic heterocycles. The number of para-hydroxylation sites is 1. The van der Waals surface area contributed by atoms with Crippen LogP contribution in [0.4, 0.5) is 14.5 Å². The van der Waals surface area contributed by atoms with Gasteiger partial charge in [-0.1, -0.05) is 18.2 Å². The Kier molecular flexibility index (Phi) is 6.59. The van der Waals surface area contributed by atoms with E-state index in [9.17, 15) is 18.4 Å². The Balaban J connectivity index is 1.58. The van der Waals surface area contributed by atoms with E-state index in [1.807, 2.05) is 49.1 Å². The topological polar surface area (TPSA) is 43.9 Å². The highest BCUT2D eigenvalue weighted by atomic mass is 19.2. The third-order valence-electron chi connectivity index (χ3n) is 5.00. The summed E-state index contributed by atoms with van der Waals surface area (Å²) in [5, 5.41) is 0. The molecule has 0 radical (unpaired) electrons. The molecule has 0 N–H and O–H groups in total. The van der Waals surface area contributed by atoms with Crippen molar-refractivity contribution in [3.05, 3.63) is 65.7 Å². The molecule has 1 aliphatic rings. The lowest BCUT2D eigenvalue weighted by molar-refractivity contribution is -0.120. The first kappa shape index (κ1) is 20.9. The second-order valence-electron chi connectivity index (χ2n) is 7.39. The minimum absolute atomic E-state index is 0.00609. The number of halogens is 2. The number of nitrogens with zero attached hydrogens (tertiary/aromatic N) is 3. The molecule has 7 heteroatoms. The summed E-state index contributed by atoms with van der Waals surface area (Å²) in [5.41, 5.74) is 0.989. The zero-order valence-electron chi connectivity index (χ0n) is 16.6. The van der Waals surface area contributed by atoms with Gasteiger partial charge in [-0.05, 0) is 44.2 Å². The number of carbonyl (C=O) groups is 2. The van der Waals surface area contributed by atoms with Crippen LogP contribution in [-0.4, -0.2) is 60.4 Å². The van der Waals surface area contributed by atoms with Crippen molar-refractivity contribution in [3.63, 3.8) is 0 Å². The van der Waals surface area contributed by atoms with Crippen molar-refractivity contribution < 1.29 is 18.4 Å². The van der Waals surface area contributed by atoms with Crippen LogP contribution in [-0.2, 0) is 4.79 Å². The van der Waals surface area contributed by atoms with Crippen LogP contribution >= 0.6 is 0 Å². The fourth-order valence-electron chi connectivity index (χ4n) is 3.51. The molecule has 154 valence electrons. The number of rotatable bonds is 5. The fourth-order valence-corrected chi connectivity index (χ4v) is 3.51. The maximum Gasteiger partial charge on any atom is 0.254 e. The zero-order chi connectivity index (χ0) is 21.0. The SMILES string of the molecule is CC(C)N(C(=O)CN1CCN(C(=O)c2ccc(F)c(F)c2)CC1)c1ccccc1. The number of amides is 2. The first-order chi connectivity index (χ1) is 13.9. The van der Waals surface area contributed by atoms with Crippen LogP contribution in [0.1, 0.15) is 24.2 Å². The maximum atomic E-state index is 13.4. The molecule has 0 bridgehead atoms. The first-order valence-corrected chi connectivity index (χ1v) is 9.70. The van der Waals surface area contributed by atoms with Gasteiger partial charge in [0.05, 0.1) is 6.54 Å². The number of benzene rings is 2. The van der Waals surface area contributed by atoms with Gasteiger partial charge in [0.15, 0.2) is 11.6 Å². The summed E-state index contributed by atoms with van der Waals surface area (Å²) in [6.45, 7) is 6.16. The van der Waals surface area contributed by atoms with Gasteiger partial charge in [0.1, 0.15) is 0 Å². The molecule has 1 aliphatic heterocycles. The minimum Gasteiger partial charge on any atom is -0.336 e. The molecule has 0 spiro atoms. The van der Waals surface area contributed by atoms with Crippen LogP contribution in [0.25, 0.3) is 0 Å². The van der Waals surface area contributed by atoms with Crippen molar-refractivity contribution >= 4 is 17.5 Å². The molecule has 1 heterocycles. The van der Waals surface area contributed by atoms with Gasteiger partial charge in [-0.2, -0.15) is 0 Å². The van der Waals surface area contributed by atoms with E-state index < -0.39 is 11.6 Å². The predicted octanol–water partition coefficient (Wildman–Crippen LogP) is 3.16. The molecule has 1 saturated heterocycles. The molecule has 2 amide bonds. The highest BCUT2D eigenvalue weighted by molar-refractivity contribution is 5.95. The summed E-state index contributed by atoms with van der Waals surface area (Å²) in [7, 11) is 0. The zero-order valence-corrected chi connectivity index (χ0v) is 16.6. The van der Waals surface area contributed by atoms with E-state index in [0.29, 0.717) is 26.2 Å². The van der Waals surface area contributed by atoms with Gasteiger partial charge in [-0.25, -0.2) is 8.78 Å². The van der Waals surface area contributed by atoms with Crippen LogP contribution in [0.15, 0.2) is 48.5 Å². The minimum atomic E-state index is -1.03. The molecule has 29 heavy (non-hydrogen) atoms. The highest BCUT2D eigenvalue weighted by Gasteiger charge is 2.26. The number of carbonyl (C=O) groups excluding carboxylic acids is 2. The molecular weight excluding hydrogens is 376 g/mol. The van der Waals surface area contributed by atoms with Gasteiger partial charge >= 0.3 is 0 Å². The van der Waals surface area contributed by atoms with Gasteiger partial charge in [0.25, 0.3) is 5.91 Å². The van der Waals surface area contributed by atoms with Gasteiger partial charge in [0.2, 0.25) is 5.91 Å². The molecule has 3 rings (SSSR count). The van der Waals surface area contributed by atoms with Crippen LogP contribution in [0.3, 0.4) is 0 Å². The molecule has 0 saturated carbocycles. The predicted molar refractivity (Wildman–Crippen MR) is 108 cm³/mol. The van der Waals surface area contributed by atoms with Crippen LogP contribution in [0.2, 0.25) is 0 Å². The molecule has 0 unspecified atom stereocenters. The lowest BCUT2D eigenvalue weighted by Crippen LogP contribution is -2.52. The molecule has 2 aromatic carbocycles. The Morgan fingerprint density at radius 3 is 2.21 bits per heavy atom. The Morgan fingerprint density at radius 2 is 1.62 bits per heavy atom. The van der Waals surface area contributed by atoms with Crippen molar-refractivity contribution in [1.29, 1.82) is 0 Å². The van der Waals surface area contributed by atoms with Crippen molar-refractivity contribution in [2.75, 3.05) is 37.6 Å². The normalized spacial score (nSPS) is 14.9. The maximum absolute atomic E-state index is 13.4. The summed E-state index contributed by atoms with van der Waals surface area (Å²) in [5.74, 6) is -2.33. The summed E-state index contributed by atoms with van der Waals surface area (Å²) in [6.07, 6.45) is 0. The smallest absolute Gasteiger partial charge is 0.254 e. The lowest BCUT2D eigenvalue weighted by Gasteiger charge is -2.36. The van der Waals surface area contributed by atoms with Crippen LogP contribution in [0.5, 0.6) is 0 Å². The summed E-state index contributed by atoms with van der Waals surface area (Å²) in [4.78, 5) is 30.8. The number of anilines is 1. The van der Waals surface area contributed by atoms with Crippen molar-refractivity contribution in [2.45, 2.75) is 19.9 Å². The van der Waals surface area contributed by atoms with E-state index in [1.54, 1.807) is 9.80 Å². The fraction of sp³-hybridized carbons (Fsp3) is 0.364. The second kappa shape index (κ2) is 9.13. The molecule has 1 fully saturated rings. The molecular formula is C22H25F2N3O2. The van der Waals surface area contributed by atoms with Crippen molar-refractivity contribution in [1.82, 2.24) is 9.80 Å². The molecule has 0 atom stereocenters. The third kappa shape index (κ3) is 4.98. The number of hydrogen-bond donors (Lipinski definition) is 0. The Hall–Kier alpha value is -2.80. The quantitative estimate of drug-likeness (QED) is 0.773. The Morgan fingerprint density at radius 1 is 0.966 bits per heavy atom. The van der Waals surface area contributed by atoms with E-state index >= 15 is 0 Å². The average Bonchev–Trinajstić information content (AvgIpc) is 2.71. The van der Waals surface area contributed by atoms with Gasteiger partial charge in [-0.15, -0.1) is 0 Å². The van der Waals surface area contributed by atoms with E-state index in [2.05, 4.69) is 0 Å². The standard InChI is InChI=1S/C22H25F2N3O2/c1-16(2)27(18-6-4-3-5-7-18)21(28)15-25-10-12-26(13-11-25)22(29)17-8-9-19(23)20(24)14-17/h3-9,14,16H,10-13,15H2,1-2H3. The van der Waals surface area contributed by atoms with E-state index in [4.69, 9.17) is 0 Å². The average molecular weight is 401 g/mol. The molecule has 5 nitrogen and oxygen atoms in total. The van der Waals surface area contributed by atoms with Gasteiger partial charge in [0, 0.05) is 43.5 Å². The highest BCUT2D eigenvalue weighted by Crippen LogP contribution is 2.18. The van der Waals surface area contributed by atoms with Crippen molar-refractivity contribution in [3.8, 4) is 0 Å². The van der Waals surface area contributed by atoms with Gasteiger partial charge < -0.3 is 9.80 Å². The first-order valence-electron chi connectivity index (χ1n) is 9.70. The van der Waals surface area contributed by atoms with Crippen LogP contribution in [0, 0.1) is 11.6 Å². The molecule has 0 aliphatic carbocycles. The lowest BCUT2D eigenvalue weighted by atomic mass is 10.1. The Labute approximate surface area is 169 Å². The van der Waals surface area contributed by atoms with Gasteiger partial charge in [-0.3, -0.25) is 14.5 Å². The summed E-state index contributed by atoms with van der Waals surface area (Å²) in [6, 6.07) is 12.7. The monoisotopic (exact) mass is 401 g/mol. The largest absolute Gasteiger partial charge is 0.336 e. The third-order valence-corrected chi connectivity index (χ3v) is 5.00. The van der Waals surface area contributed by atoms with E-state index in [-0.39, 0.29) is 30.0 Å². The number of hydrogen-bond acceptors (Lipinski definition) is 3. The summed E-state index contributed by atoms with van der Waals surface area (Å²) < 4.78 is 26.5. The second-order valence-corrected chi connectivity index (χ2v) is 7.39. The Bertz CT molecular complexity index is 866. The van der Waals surface area contributed by atoms with Crippen molar-refractivity contribution in [2.24, 2.45) is 0 Å². The van der Waals surface area contributed by atoms with E-state index in [1.165, 1.54) is 6.07 Å². The van der Waals surface area contributed by atoms with Crippen LogP contribution < -0.4 is 4.90 Å².